The summed E-state index contributed by atoms with van der Waals surface area (Å²) in [7, 11) is 0. The van der Waals surface area contributed by atoms with Gasteiger partial charge in [-0.1, -0.05) is 6.07 Å². The summed E-state index contributed by atoms with van der Waals surface area (Å²) in [6.45, 7) is 3.51. The molecule has 1 aromatic heterocycles. The van der Waals surface area contributed by atoms with Crippen molar-refractivity contribution in [2.45, 2.75) is 32.0 Å². The van der Waals surface area contributed by atoms with Gasteiger partial charge in [0.25, 0.3) is 0 Å². The molecule has 1 saturated heterocycles. The lowest BCUT2D eigenvalue weighted by Gasteiger charge is -2.23. The third kappa shape index (κ3) is 2.62. The molecule has 3 atom stereocenters. The van der Waals surface area contributed by atoms with E-state index in [-0.39, 0.29) is 6.10 Å². The van der Waals surface area contributed by atoms with Crippen LogP contribution in [-0.4, -0.2) is 29.3 Å². The molecule has 2 aromatic rings. The van der Waals surface area contributed by atoms with Crippen molar-refractivity contribution in [2.75, 3.05) is 18.0 Å². The van der Waals surface area contributed by atoms with Gasteiger partial charge in [0.05, 0.1) is 17.2 Å². The Bertz CT molecular complexity index is 776. The van der Waals surface area contributed by atoms with Crippen LogP contribution in [0.4, 0.5) is 18.9 Å². The van der Waals surface area contributed by atoms with E-state index >= 15 is 0 Å². The van der Waals surface area contributed by atoms with Gasteiger partial charge in [-0.2, -0.15) is 13.2 Å². The monoisotopic (exact) mass is 336 g/mol. The van der Waals surface area contributed by atoms with Crippen LogP contribution in [0.1, 0.15) is 24.1 Å². The quantitative estimate of drug-likeness (QED) is 0.861. The highest BCUT2D eigenvalue weighted by Crippen LogP contribution is 2.42. The highest BCUT2D eigenvalue weighted by atomic mass is 19.4. The van der Waals surface area contributed by atoms with Crippen molar-refractivity contribution in [1.29, 1.82) is 0 Å². The Labute approximate surface area is 138 Å². The van der Waals surface area contributed by atoms with Gasteiger partial charge < -0.3 is 10.0 Å². The van der Waals surface area contributed by atoms with Gasteiger partial charge in [-0.05, 0) is 49.8 Å². The van der Waals surface area contributed by atoms with Crippen LogP contribution in [0.25, 0.3) is 10.9 Å². The topological polar surface area (TPSA) is 36.4 Å². The number of aryl methyl sites for hydroxylation is 1. The molecule has 1 N–H and O–H groups in total. The molecule has 1 aliphatic carbocycles. The zero-order chi connectivity index (χ0) is 17.1. The van der Waals surface area contributed by atoms with Gasteiger partial charge in [-0.25, -0.2) is 0 Å². The molecule has 0 spiro atoms. The number of alkyl halides is 3. The number of anilines is 1. The predicted molar refractivity (Wildman–Crippen MR) is 85.9 cm³/mol. The van der Waals surface area contributed by atoms with Crippen LogP contribution >= 0.6 is 0 Å². The third-order valence-electron chi connectivity index (χ3n) is 5.31. The number of nitrogens with zero attached hydrogens (tertiary/aromatic N) is 2. The van der Waals surface area contributed by atoms with E-state index in [1.165, 1.54) is 6.07 Å². The fourth-order valence-electron chi connectivity index (χ4n) is 4.24. The fraction of sp³-hybridized carbons (Fsp3) is 0.500. The zero-order valence-electron chi connectivity index (χ0n) is 13.3. The second-order valence-electron chi connectivity index (χ2n) is 7.06. The van der Waals surface area contributed by atoms with Crippen molar-refractivity contribution >= 4 is 16.6 Å². The van der Waals surface area contributed by atoms with E-state index in [0.717, 1.165) is 49.1 Å². The third-order valence-corrected chi connectivity index (χ3v) is 5.31. The van der Waals surface area contributed by atoms with Gasteiger partial charge in [0.1, 0.15) is 0 Å². The lowest BCUT2D eigenvalue weighted by atomic mass is 10.0. The molecule has 2 fully saturated rings. The molecule has 4 rings (SSSR count). The minimum atomic E-state index is -4.36. The highest BCUT2D eigenvalue weighted by Gasteiger charge is 2.40. The molecule has 24 heavy (non-hydrogen) atoms. The molecule has 1 aliphatic heterocycles. The van der Waals surface area contributed by atoms with Crippen molar-refractivity contribution < 1.29 is 18.3 Å². The molecule has 1 saturated carbocycles. The molecule has 0 amide bonds. The summed E-state index contributed by atoms with van der Waals surface area (Å²) in [4.78, 5) is 6.54. The molecule has 2 heterocycles. The smallest absolute Gasteiger partial charge is 0.393 e. The molecular formula is C18H19F3N2O. The Morgan fingerprint density at radius 3 is 2.42 bits per heavy atom. The van der Waals surface area contributed by atoms with Crippen LogP contribution in [0.5, 0.6) is 0 Å². The lowest BCUT2D eigenvalue weighted by Crippen LogP contribution is -2.23. The number of rotatable bonds is 1. The van der Waals surface area contributed by atoms with Crippen LogP contribution in [-0.2, 0) is 6.18 Å². The van der Waals surface area contributed by atoms with E-state index in [9.17, 15) is 18.3 Å². The van der Waals surface area contributed by atoms with Crippen LogP contribution in [0.2, 0.25) is 0 Å². The molecule has 128 valence electrons. The first-order chi connectivity index (χ1) is 11.3. The van der Waals surface area contributed by atoms with E-state index in [2.05, 4.69) is 9.88 Å². The summed E-state index contributed by atoms with van der Waals surface area (Å²) >= 11 is 0. The summed E-state index contributed by atoms with van der Waals surface area (Å²) in [5.41, 5.74) is 1.39. The number of hydrogen-bond acceptors (Lipinski definition) is 3. The number of aliphatic hydroxyl groups excluding tert-OH is 1. The number of aliphatic hydroxyl groups is 1. The molecule has 3 nitrogen and oxygen atoms in total. The van der Waals surface area contributed by atoms with Crippen LogP contribution < -0.4 is 4.90 Å². The minimum absolute atomic E-state index is 0.201. The average molecular weight is 336 g/mol. The van der Waals surface area contributed by atoms with Gasteiger partial charge in [0.15, 0.2) is 0 Å². The Hall–Kier alpha value is -1.82. The van der Waals surface area contributed by atoms with Crippen molar-refractivity contribution in [3.8, 4) is 0 Å². The fourth-order valence-corrected chi connectivity index (χ4v) is 4.24. The largest absolute Gasteiger partial charge is 0.416 e. The normalized spacial score (nSPS) is 27.0. The van der Waals surface area contributed by atoms with Crippen LogP contribution in [0.3, 0.4) is 0 Å². The molecule has 6 heteroatoms. The number of fused-ring (bicyclic) bond motifs is 2. The number of pyridine rings is 1. The number of hydrogen-bond donors (Lipinski definition) is 1. The van der Waals surface area contributed by atoms with Crippen molar-refractivity contribution in [3.05, 3.63) is 35.5 Å². The Morgan fingerprint density at radius 1 is 1.12 bits per heavy atom. The van der Waals surface area contributed by atoms with Crippen LogP contribution in [0, 0.1) is 18.8 Å². The van der Waals surface area contributed by atoms with E-state index in [4.69, 9.17) is 0 Å². The maximum Gasteiger partial charge on any atom is 0.416 e. The maximum absolute atomic E-state index is 12.9. The molecule has 1 aromatic carbocycles. The van der Waals surface area contributed by atoms with Gasteiger partial charge in [-0.15, -0.1) is 0 Å². The standard InChI is InChI=1S/C18H19F3N2O/c1-10-4-17(23-8-11-5-14(24)6-12(11)9-23)15-3-2-13(18(19,20)21)7-16(15)22-10/h2-4,7,11-12,14,24H,5-6,8-9H2,1H3/t11-,12+,14?. The highest BCUT2D eigenvalue weighted by molar-refractivity contribution is 5.92. The van der Waals surface area contributed by atoms with Gasteiger partial charge in [0, 0.05) is 29.9 Å². The molecule has 0 bridgehead atoms. The van der Waals surface area contributed by atoms with E-state index in [0.29, 0.717) is 23.0 Å². The number of benzene rings is 1. The van der Waals surface area contributed by atoms with Gasteiger partial charge in [0.2, 0.25) is 0 Å². The zero-order valence-corrected chi connectivity index (χ0v) is 13.3. The second kappa shape index (κ2) is 5.34. The molecular weight excluding hydrogens is 317 g/mol. The Balaban J connectivity index is 1.74. The van der Waals surface area contributed by atoms with Crippen LogP contribution in [0.15, 0.2) is 24.3 Å². The van der Waals surface area contributed by atoms with E-state index < -0.39 is 11.7 Å². The van der Waals surface area contributed by atoms with Gasteiger partial charge >= 0.3 is 6.18 Å². The van der Waals surface area contributed by atoms with Crippen molar-refractivity contribution in [2.24, 2.45) is 11.8 Å². The molecule has 0 radical (unpaired) electrons. The number of halogens is 3. The second-order valence-corrected chi connectivity index (χ2v) is 7.06. The lowest BCUT2D eigenvalue weighted by molar-refractivity contribution is -0.137. The van der Waals surface area contributed by atoms with Crippen molar-refractivity contribution in [1.82, 2.24) is 4.98 Å². The minimum Gasteiger partial charge on any atom is -0.393 e. The first-order valence-electron chi connectivity index (χ1n) is 8.23. The summed E-state index contributed by atoms with van der Waals surface area (Å²) < 4.78 is 38.8. The first kappa shape index (κ1) is 15.7. The molecule has 1 unspecified atom stereocenters. The summed E-state index contributed by atoms with van der Waals surface area (Å²) in [5, 5.41) is 10.5. The van der Waals surface area contributed by atoms with E-state index in [1.54, 1.807) is 0 Å². The van der Waals surface area contributed by atoms with Crippen molar-refractivity contribution in [3.63, 3.8) is 0 Å². The van der Waals surface area contributed by atoms with E-state index in [1.807, 2.05) is 13.0 Å². The maximum atomic E-state index is 12.9. The average Bonchev–Trinajstić information content (AvgIpc) is 3.01. The van der Waals surface area contributed by atoms with Gasteiger partial charge in [-0.3, -0.25) is 4.98 Å². The summed E-state index contributed by atoms with van der Waals surface area (Å²) in [5.74, 6) is 0.941. The Morgan fingerprint density at radius 2 is 1.79 bits per heavy atom. The predicted octanol–water partition coefficient (Wildman–Crippen LogP) is 3.77. The number of aromatic nitrogens is 1. The summed E-state index contributed by atoms with van der Waals surface area (Å²) in [6.07, 6.45) is -2.92. The summed E-state index contributed by atoms with van der Waals surface area (Å²) in [6, 6.07) is 5.74. The SMILES string of the molecule is Cc1cc(N2C[C@H]3CC(O)C[C@H]3C2)c2ccc(C(F)(F)F)cc2n1. The Kier molecular flexibility index (Phi) is 3.49. The molecule has 2 aliphatic rings. The first-order valence-corrected chi connectivity index (χ1v) is 8.23.